The minimum Gasteiger partial charge on any atom is -0.380 e. The standard InChI is InChI=1S/C11H24N2O/c12-6-2-1-5-10-14-11-9-13-7-3-4-8-13/h1-12H2. The minimum atomic E-state index is 0.813. The molecule has 0 amide bonds. The second-order valence-corrected chi connectivity index (χ2v) is 4.01. The Balaban J connectivity index is 1.75. The Bertz CT molecular complexity index is 124. The van der Waals surface area contributed by atoms with Crippen LogP contribution in [0.5, 0.6) is 0 Å². The predicted molar refractivity (Wildman–Crippen MR) is 59.4 cm³/mol. The van der Waals surface area contributed by atoms with Crippen molar-refractivity contribution in [1.29, 1.82) is 0 Å². The third-order valence-corrected chi connectivity index (χ3v) is 2.74. The molecule has 3 heteroatoms. The number of nitrogens with two attached hydrogens (primary N) is 1. The molecule has 3 nitrogen and oxygen atoms in total. The summed E-state index contributed by atoms with van der Waals surface area (Å²) in [4.78, 5) is 2.49. The fourth-order valence-corrected chi connectivity index (χ4v) is 1.83. The van der Waals surface area contributed by atoms with Crippen LogP contribution in [0.3, 0.4) is 0 Å². The SMILES string of the molecule is NCCCCCOCCN1CCCC1. The molecule has 0 unspecified atom stereocenters. The molecule has 1 aliphatic rings. The minimum absolute atomic E-state index is 0.813. The van der Waals surface area contributed by atoms with Gasteiger partial charge >= 0.3 is 0 Å². The average molecular weight is 200 g/mol. The van der Waals surface area contributed by atoms with E-state index >= 15 is 0 Å². The molecule has 0 aromatic rings. The zero-order chi connectivity index (χ0) is 10.1. The molecule has 0 spiro atoms. The monoisotopic (exact) mass is 200 g/mol. The highest BCUT2D eigenvalue weighted by Crippen LogP contribution is 2.06. The smallest absolute Gasteiger partial charge is 0.0593 e. The largest absolute Gasteiger partial charge is 0.380 e. The van der Waals surface area contributed by atoms with Gasteiger partial charge in [-0.05, 0) is 51.7 Å². The predicted octanol–water partition coefficient (Wildman–Crippen LogP) is 1.23. The van der Waals surface area contributed by atoms with Gasteiger partial charge < -0.3 is 15.4 Å². The highest BCUT2D eigenvalue weighted by Gasteiger charge is 2.09. The average Bonchev–Trinajstić information content (AvgIpc) is 2.69. The van der Waals surface area contributed by atoms with Crippen LogP contribution >= 0.6 is 0 Å². The molecule has 2 N–H and O–H groups in total. The van der Waals surface area contributed by atoms with Crippen LogP contribution in [0.4, 0.5) is 0 Å². The topological polar surface area (TPSA) is 38.5 Å². The molecule has 84 valence electrons. The molecule has 1 fully saturated rings. The van der Waals surface area contributed by atoms with Crippen molar-refractivity contribution in [3.63, 3.8) is 0 Å². The number of hydrogen-bond acceptors (Lipinski definition) is 3. The molecule has 0 radical (unpaired) electrons. The van der Waals surface area contributed by atoms with Gasteiger partial charge in [-0.2, -0.15) is 0 Å². The van der Waals surface area contributed by atoms with Crippen molar-refractivity contribution in [1.82, 2.24) is 4.90 Å². The van der Waals surface area contributed by atoms with E-state index in [0.29, 0.717) is 0 Å². The van der Waals surface area contributed by atoms with Crippen molar-refractivity contribution < 1.29 is 4.74 Å². The summed E-state index contributed by atoms with van der Waals surface area (Å²) in [5.74, 6) is 0. The Labute approximate surface area is 87.6 Å². The normalized spacial score (nSPS) is 17.8. The fraction of sp³-hybridized carbons (Fsp3) is 1.00. The van der Waals surface area contributed by atoms with Gasteiger partial charge in [-0.3, -0.25) is 0 Å². The van der Waals surface area contributed by atoms with Crippen LogP contribution in [0, 0.1) is 0 Å². The van der Waals surface area contributed by atoms with Gasteiger partial charge in [0.25, 0.3) is 0 Å². The van der Waals surface area contributed by atoms with Gasteiger partial charge in [0.2, 0.25) is 0 Å². The lowest BCUT2D eigenvalue weighted by Crippen LogP contribution is -2.24. The third-order valence-electron chi connectivity index (χ3n) is 2.74. The van der Waals surface area contributed by atoms with Gasteiger partial charge in [-0.15, -0.1) is 0 Å². The lowest BCUT2D eigenvalue weighted by atomic mass is 10.2. The van der Waals surface area contributed by atoms with Crippen molar-refractivity contribution in [2.75, 3.05) is 39.4 Å². The Morgan fingerprint density at radius 3 is 2.50 bits per heavy atom. The molecule has 1 heterocycles. The van der Waals surface area contributed by atoms with E-state index in [1.807, 2.05) is 0 Å². The van der Waals surface area contributed by atoms with Crippen molar-refractivity contribution in [3.8, 4) is 0 Å². The van der Waals surface area contributed by atoms with Crippen molar-refractivity contribution in [2.24, 2.45) is 5.73 Å². The molecule has 14 heavy (non-hydrogen) atoms. The molecule has 0 aromatic heterocycles. The third kappa shape index (κ3) is 5.58. The number of ether oxygens (including phenoxy) is 1. The molecule has 1 aliphatic heterocycles. The quantitative estimate of drug-likeness (QED) is 0.599. The lowest BCUT2D eigenvalue weighted by Gasteiger charge is -2.14. The molecule has 0 saturated carbocycles. The summed E-state index contributed by atoms with van der Waals surface area (Å²) in [5.41, 5.74) is 5.40. The Kier molecular flexibility index (Phi) is 7.01. The summed E-state index contributed by atoms with van der Waals surface area (Å²) < 4.78 is 5.56. The lowest BCUT2D eigenvalue weighted by molar-refractivity contribution is 0.108. The van der Waals surface area contributed by atoms with Crippen LogP contribution in [0.25, 0.3) is 0 Å². The van der Waals surface area contributed by atoms with Gasteiger partial charge in [0.1, 0.15) is 0 Å². The van der Waals surface area contributed by atoms with Crippen LogP contribution < -0.4 is 5.73 Å². The maximum absolute atomic E-state index is 5.56. The molecule has 0 aliphatic carbocycles. The van der Waals surface area contributed by atoms with Crippen molar-refractivity contribution >= 4 is 0 Å². The van der Waals surface area contributed by atoms with Crippen LogP contribution in [0.15, 0.2) is 0 Å². The number of hydrogen-bond donors (Lipinski definition) is 1. The van der Waals surface area contributed by atoms with E-state index in [1.165, 1.54) is 32.4 Å². The summed E-state index contributed by atoms with van der Waals surface area (Å²) in [5, 5.41) is 0. The highest BCUT2D eigenvalue weighted by atomic mass is 16.5. The first-order valence-corrected chi connectivity index (χ1v) is 5.93. The van der Waals surface area contributed by atoms with Crippen molar-refractivity contribution in [2.45, 2.75) is 32.1 Å². The highest BCUT2D eigenvalue weighted by molar-refractivity contribution is 4.64. The van der Waals surface area contributed by atoms with E-state index < -0.39 is 0 Å². The maximum Gasteiger partial charge on any atom is 0.0593 e. The molecule has 0 atom stereocenters. The summed E-state index contributed by atoms with van der Waals surface area (Å²) >= 11 is 0. The fourth-order valence-electron chi connectivity index (χ4n) is 1.83. The van der Waals surface area contributed by atoms with Gasteiger partial charge in [0.15, 0.2) is 0 Å². The molecule has 1 saturated heterocycles. The zero-order valence-corrected chi connectivity index (χ0v) is 9.21. The number of rotatable bonds is 8. The first-order chi connectivity index (χ1) is 6.93. The molecule has 0 bridgehead atoms. The van der Waals surface area contributed by atoms with E-state index in [2.05, 4.69) is 4.90 Å². The van der Waals surface area contributed by atoms with Crippen molar-refractivity contribution in [3.05, 3.63) is 0 Å². The summed E-state index contributed by atoms with van der Waals surface area (Å²) in [6.45, 7) is 6.30. The summed E-state index contributed by atoms with van der Waals surface area (Å²) in [6.07, 6.45) is 6.25. The summed E-state index contributed by atoms with van der Waals surface area (Å²) in [6, 6.07) is 0. The van der Waals surface area contributed by atoms with E-state index in [4.69, 9.17) is 10.5 Å². The first kappa shape index (κ1) is 12.0. The maximum atomic E-state index is 5.56. The molecular weight excluding hydrogens is 176 g/mol. The van der Waals surface area contributed by atoms with Crippen LogP contribution in [-0.4, -0.2) is 44.3 Å². The second kappa shape index (κ2) is 8.21. The van der Waals surface area contributed by atoms with Crippen LogP contribution in [-0.2, 0) is 4.74 Å². The number of likely N-dealkylation sites (tertiary alicyclic amines) is 1. The van der Waals surface area contributed by atoms with Gasteiger partial charge in [0, 0.05) is 13.2 Å². The zero-order valence-electron chi connectivity index (χ0n) is 9.21. The Morgan fingerprint density at radius 1 is 1.00 bits per heavy atom. The van der Waals surface area contributed by atoms with Crippen LogP contribution in [0.1, 0.15) is 32.1 Å². The summed E-state index contributed by atoms with van der Waals surface area (Å²) in [7, 11) is 0. The van der Waals surface area contributed by atoms with Gasteiger partial charge in [-0.25, -0.2) is 0 Å². The first-order valence-electron chi connectivity index (χ1n) is 5.93. The van der Waals surface area contributed by atoms with E-state index in [-0.39, 0.29) is 0 Å². The van der Waals surface area contributed by atoms with Crippen LogP contribution in [0.2, 0.25) is 0 Å². The van der Waals surface area contributed by atoms with Gasteiger partial charge in [0.05, 0.1) is 6.61 Å². The Morgan fingerprint density at radius 2 is 1.79 bits per heavy atom. The molecular formula is C11H24N2O. The number of nitrogens with zero attached hydrogens (tertiary/aromatic N) is 1. The molecule has 0 aromatic carbocycles. The van der Waals surface area contributed by atoms with Gasteiger partial charge in [-0.1, -0.05) is 0 Å². The second-order valence-electron chi connectivity index (χ2n) is 4.01. The van der Waals surface area contributed by atoms with E-state index in [1.54, 1.807) is 0 Å². The molecule has 1 rings (SSSR count). The van der Waals surface area contributed by atoms with E-state index in [0.717, 1.165) is 39.1 Å². The van der Waals surface area contributed by atoms with E-state index in [9.17, 15) is 0 Å². The Hall–Kier alpha value is -0.120. The number of unbranched alkanes of at least 4 members (excludes halogenated alkanes) is 2.